The van der Waals surface area contributed by atoms with E-state index < -0.39 is 26.2 Å². The average molecular weight is 578 g/mol. The van der Waals surface area contributed by atoms with Gasteiger partial charge in [-0.1, -0.05) is 35.9 Å². The molecule has 4 aromatic rings. The second-order valence-corrected chi connectivity index (χ2v) is 11.5. The standard InChI is InChI=1S/C28H27N5O7S/c1-18-7-10-25(19(2)15-18)32-27(34)22-6-4-3-5-21(22)23(28(32)35)17-29-30-24-9-8-20(16-26(24)33(36)37)41(38,39)31-11-13-40-14-12-31/h3-10,15-17,30,35H,11-14H2,1-2H3/b29-17+. The van der Waals surface area contributed by atoms with Crippen molar-refractivity contribution in [3.63, 3.8) is 0 Å². The number of aromatic nitrogens is 1. The van der Waals surface area contributed by atoms with E-state index in [0.717, 1.165) is 17.2 Å². The number of aryl methyl sites for hydroxylation is 2. The van der Waals surface area contributed by atoms with E-state index in [0.29, 0.717) is 16.5 Å². The van der Waals surface area contributed by atoms with Gasteiger partial charge in [-0.25, -0.2) is 13.0 Å². The number of aromatic hydroxyl groups is 1. The molecule has 1 aliphatic heterocycles. The molecule has 2 heterocycles. The monoisotopic (exact) mass is 577 g/mol. The van der Waals surface area contributed by atoms with E-state index in [-0.39, 0.29) is 48.3 Å². The van der Waals surface area contributed by atoms with Crippen molar-refractivity contribution in [2.75, 3.05) is 31.7 Å². The van der Waals surface area contributed by atoms with Gasteiger partial charge in [-0.05, 0) is 43.7 Å². The number of benzene rings is 3. The van der Waals surface area contributed by atoms with Crippen molar-refractivity contribution in [2.45, 2.75) is 18.7 Å². The van der Waals surface area contributed by atoms with Crippen LogP contribution < -0.4 is 11.0 Å². The number of anilines is 1. The number of hydrazone groups is 1. The topological polar surface area (TPSA) is 156 Å². The van der Waals surface area contributed by atoms with E-state index >= 15 is 0 Å². The molecule has 1 fully saturated rings. The Balaban J connectivity index is 1.54. The SMILES string of the molecule is Cc1ccc(-n2c(O)c(/C=N/Nc3ccc(S(=O)(=O)N4CCOCC4)cc3[N+](=O)[O-])c3ccccc3c2=O)c(C)c1. The minimum atomic E-state index is -3.95. The van der Waals surface area contributed by atoms with Crippen molar-refractivity contribution >= 4 is 38.4 Å². The van der Waals surface area contributed by atoms with E-state index in [4.69, 9.17) is 4.74 Å². The fourth-order valence-electron chi connectivity index (χ4n) is 4.79. The molecule has 5 rings (SSSR count). The summed E-state index contributed by atoms with van der Waals surface area (Å²) < 4.78 is 33.6. The lowest BCUT2D eigenvalue weighted by Crippen LogP contribution is -2.40. The minimum Gasteiger partial charge on any atom is -0.494 e. The Morgan fingerprint density at radius 3 is 2.44 bits per heavy atom. The van der Waals surface area contributed by atoms with Gasteiger partial charge in [0.2, 0.25) is 15.9 Å². The van der Waals surface area contributed by atoms with Gasteiger partial charge < -0.3 is 9.84 Å². The van der Waals surface area contributed by atoms with Crippen molar-refractivity contribution in [3.05, 3.63) is 97.8 Å². The summed E-state index contributed by atoms with van der Waals surface area (Å²) in [6.07, 6.45) is 1.26. The Kier molecular flexibility index (Phi) is 7.58. The molecule has 1 saturated heterocycles. The van der Waals surface area contributed by atoms with Gasteiger partial charge in [-0.2, -0.15) is 9.41 Å². The van der Waals surface area contributed by atoms with Crippen molar-refractivity contribution in [2.24, 2.45) is 5.10 Å². The number of pyridine rings is 1. The van der Waals surface area contributed by atoms with Gasteiger partial charge in [0.15, 0.2) is 0 Å². The molecule has 0 atom stereocenters. The third-order valence-electron chi connectivity index (χ3n) is 6.85. The van der Waals surface area contributed by atoms with Crippen LogP contribution in [-0.4, -0.2) is 59.8 Å². The van der Waals surface area contributed by atoms with Crippen molar-refractivity contribution in [1.29, 1.82) is 0 Å². The second kappa shape index (κ2) is 11.1. The van der Waals surface area contributed by atoms with E-state index in [9.17, 15) is 28.4 Å². The van der Waals surface area contributed by atoms with Crippen LogP contribution in [0.4, 0.5) is 11.4 Å². The van der Waals surface area contributed by atoms with Gasteiger partial charge in [-0.15, -0.1) is 0 Å². The first-order valence-electron chi connectivity index (χ1n) is 12.7. The predicted molar refractivity (Wildman–Crippen MR) is 155 cm³/mol. The average Bonchev–Trinajstić information content (AvgIpc) is 2.96. The molecule has 0 spiro atoms. The number of fused-ring (bicyclic) bond motifs is 1. The summed E-state index contributed by atoms with van der Waals surface area (Å²) in [7, 11) is -3.95. The number of nitro benzene ring substituents is 1. The largest absolute Gasteiger partial charge is 0.494 e. The summed E-state index contributed by atoms with van der Waals surface area (Å²) in [6, 6.07) is 15.7. The molecule has 212 valence electrons. The maximum atomic E-state index is 13.4. The van der Waals surface area contributed by atoms with Crippen molar-refractivity contribution in [3.8, 4) is 11.6 Å². The van der Waals surface area contributed by atoms with Crippen LogP contribution in [0, 0.1) is 24.0 Å². The lowest BCUT2D eigenvalue weighted by atomic mass is 10.1. The number of sulfonamides is 1. The van der Waals surface area contributed by atoms with Crippen LogP contribution in [0.5, 0.6) is 5.88 Å². The lowest BCUT2D eigenvalue weighted by molar-refractivity contribution is -0.384. The van der Waals surface area contributed by atoms with Gasteiger partial charge in [0.25, 0.3) is 11.2 Å². The van der Waals surface area contributed by atoms with E-state index in [1.54, 1.807) is 30.3 Å². The Labute approximate surface area is 235 Å². The molecule has 0 aliphatic carbocycles. The van der Waals surface area contributed by atoms with Crippen LogP contribution in [0.1, 0.15) is 16.7 Å². The molecule has 0 saturated carbocycles. The highest BCUT2D eigenvalue weighted by molar-refractivity contribution is 7.89. The number of ether oxygens (including phenoxy) is 1. The molecule has 12 nitrogen and oxygen atoms in total. The highest BCUT2D eigenvalue weighted by Gasteiger charge is 2.29. The first-order valence-corrected chi connectivity index (χ1v) is 14.1. The van der Waals surface area contributed by atoms with Crippen LogP contribution in [0.2, 0.25) is 0 Å². The zero-order valence-corrected chi connectivity index (χ0v) is 23.1. The molecule has 0 radical (unpaired) electrons. The molecule has 41 heavy (non-hydrogen) atoms. The molecule has 0 bridgehead atoms. The highest BCUT2D eigenvalue weighted by Crippen LogP contribution is 2.30. The molecule has 1 aliphatic rings. The van der Waals surface area contributed by atoms with Crippen molar-refractivity contribution in [1.82, 2.24) is 8.87 Å². The highest BCUT2D eigenvalue weighted by atomic mass is 32.2. The quantitative estimate of drug-likeness (QED) is 0.191. The van der Waals surface area contributed by atoms with Gasteiger partial charge in [0.1, 0.15) is 5.69 Å². The van der Waals surface area contributed by atoms with E-state index in [2.05, 4.69) is 10.5 Å². The first-order chi connectivity index (χ1) is 19.6. The van der Waals surface area contributed by atoms with E-state index in [1.807, 2.05) is 26.0 Å². The summed E-state index contributed by atoms with van der Waals surface area (Å²) in [5.74, 6) is -0.354. The first kappa shape index (κ1) is 28.0. The molecule has 13 heteroatoms. The van der Waals surface area contributed by atoms with Crippen LogP contribution in [0.3, 0.4) is 0 Å². The Bertz CT molecular complexity index is 1860. The number of nitrogens with zero attached hydrogens (tertiary/aromatic N) is 4. The maximum absolute atomic E-state index is 13.4. The number of morpholine rings is 1. The Morgan fingerprint density at radius 2 is 1.76 bits per heavy atom. The molecular formula is C28H27N5O7S. The number of rotatable bonds is 7. The molecule has 2 N–H and O–H groups in total. The molecule has 3 aromatic carbocycles. The maximum Gasteiger partial charge on any atom is 0.295 e. The minimum absolute atomic E-state index is 0.0568. The van der Waals surface area contributed by atoms with Gasteiger partial charge in [0.05, 0.1) is 40.5 Å². The van der Waals surface area contributed by atoms with Crippen LogP contribution in [0.25, 0.3) is 16.5 Å². The second-order valence-electron chi connectivity index (χ2n) is 9.54. The fraction of sp³-hybridized carbons (Fsp3) is 0.214. The summed E-state index contributed by atoms with van der Waals surface area (Å²) in [5.41, 5.74) is 4.11. The van der Waals surface area contributed by atoms with Gasteiger partial charge in [0, 0.05) is 29.9 Å². The summed E-state index contributed by atoms with van der Waals surface area (Å²) in [6.45, 7) is 4.56. The Morgan fingerprint density at radius 1 is 1.05 bits per heavy atom. The summed E-state index contributed by atoms with van der Waals surface area (Å²) in [4.78, 5) is 24.3. The summed E-state index contributed by atoms with van der Waals surface area (Å²) >= 11 is 0. The summed E-state index contributed by atoms with van der Waals surface area (Å²) in [5, 5.41) is 28.0. The Hall–Kier alpha value is -4.59. The molecular weight excluding hydrogens is 550 g/mol. The number of hydrogen-bond acceptors (Lipinski definition) is 9. The zero-order chi connectivity index (χ0) is 29.3. The molecule has 0 unspecified atom stereocenters. The van der Waals surface area contributed by atoms with Gasteiger partial charge >= 0.3 is 0 Å². The normalized spacial score (nSPS) is 14.5. The van der Waals surface area contributed by atoms with Crippen LogP contribution in [-0.2, 0) is 14.8 Å². The van der Waals surface area contributed by atoms with E-state index in [1.165, 1.54) is 27.2 Å². The smallest absolute Gasteiger partial charge is 0.295 e. The third kappa shape index (κ3) is 5.29. The third-order valence-corrected chi connectivity index (χ3v) is 8.74. The number of nitrogens with one attached hydrogen (secondary N) is 1. The lowest BCUT2D eigenvalue weighted by Gasteiger charge is -2.26. The van der Waals surface area contributed by atoms with Crippen LogP contribution >= 0.6 is 0 Å². The molecule has 0 amide bonds. The number of hydrogen-bond donors (Lipinski definition) is 2. The van der Waals surface area contributed by atoms with Gasteiger partial charge in [-0.3, -0.25) is 20.3 Å². The van der Waals surface area contributed by atoms with Crippen molar-refractivity contribution < 1.29 is 23.2 Å². The van der Waals surface area contributed by atoms with Crippen LogP contribution in [0.15, 0.2) is 75.5 Å². The fourth-order valence-corrected chi connectivity index (χ4v) is 6.22. The predicted octanol–water partition coefficient (Wildman–Crippen LogP) is 3.69. The number of nitro groups is 1. The molecule has 1 aromatic heterocycles. The zero-order valence-electron chi connectivity index (χ0n) is 22.3.